The maximum absolute atomic E-state index is 11.6. The van der Waals surface area contributed by atoms with Gasteiger partial charge in [-0.05, 0) is 31.5 Å². The molecule has 1 aromatic carbocycles. The van der Waals surface area contributed by atoms with Gasteiger partial charge in [-0.1, -0.05) is 35.0 Å². The standard InChI is InChI=1S/C14H20BrNO2/c1-13(2,16)14(3,9-12(17)18-4)10-6-5-7-11(15)8-10/h5-8H,9,16H2,1-4H3. The highest BCUT2D eigenvalue weighted by molar-refractivity contribution is 9.10. The second kappa shape index (κ2) is 5.41. The number of hydrogen-bond donors (Lipinski definition) is 1. The van der Waals surface area contributed by atoms with Crippen molar-refractivity contribution < 1.29 is 9.53 Å². The first-order valence-electron chi connectivity index (χ1n) is 5.82. The monoisotopic (exact) mass is 313 g/mol. The quantitative estimate of drug-likeness (QED) is 0.869. The summed E-state index contributed by atoms with van der Waals surface area (Å²) in [6.45, 7) is 5.85. The minimum absolute atomic E-state index is 0.253. The summed E-state index contributed by atoms with van der Waals surface area (Å²) in [6, 6.07) is 7.88. The molecule has 100 valence electrons. The highest BCUT2D eigenvalue weighted by atomic mass is 79.9. The van der Waals surface area contributed by atoms with Crippen LogP contribution in [-0.2, 0) is 14.9 Å². The molecule has 0 radical (unpaired) electrons. The summed E-state index contributed by atoms with van der Waals surface area (Å²) in [5.41, 5.74) is 6.28. The summed E-state index contributed by atoms with van der Waals surface area (Å²) in [7, 11) is 1.40. The van der Waals surface area contributed by atoms with Gasteiger partial charge >= 0.3 is 5.97 Å². The zero-order chi connectivity index (χ0) is 14.0. The fourth-order valence-corrected chi connectivity index (χ4v) is 2.29. The first-order chi connectivity index (χ1) is 8.20. The predicted molar refractivity (Wildman–Crippen MR) is 76.4 cm³/mol. The average molecular weight is 314 g/mol. The molecule has 0 amide bonds. The molecule has 1 rings (SSSR count). The molecule has 0 aliphatic heterocycles. The van der Waals surface area contributed by atoms with Gasteiger partial charge in [-0.15, -0.1) is 0 Å². The van der Waals surface area contributed by atoms with Crippen molar-refractivity contribution in [2.75, 3.05) is 7.11 Å². The summed E-state index contributed by atoms with van der Waals surface area (Å²) in [5, 5.41) is 0. The van der Waals surface area contributed by atoms with Crippen molar-refractivity contribution >= 4 is 21.9 Å². The maximum Gasteiger partial charge on any atom is 0.306 e. The highest BCUT2D eigenvalue weighted by Gasteiger charge is 2.41. The fourth-order valence-electron chi connectivity index (χ4n) is 1.89. The Morgan fingerprint density at radius 1 is 1.39 bits per heavy atom. The second-order valence-electron chi connectivity index (χ2n) is 5.32. The van der Waals surface area contributed by atoms with E-state index in [2.05, 4.69) is 15.9 Å². The number of carbonyl (C=O) groups is 1. The van der Waals surface area contributed by atoms with Crippen LogP contribution in [0.4, 0.5) is 0 Å². The van der Waals surface area contributed by atoms with Crippen molar-refractivity contribution in [3.8, 4) is 0 Å². The van der Waals surface area contributed by atoms with Gasteiger partial charge in [0.25, 0.3) is 0 Å². The van der Waals surface area contributed by atoms with E-state index in [1.165, 1.54) is 7.11 Å². The van der Waals surface area contributed by atoms with Crippen LogP contribution in [-0.4, -0.2) is 18.6 Å². The fraction of sp³-hybridized carbons (Fsp3) is 0.500. The molecule has 1 aromatic rings. The smallest absolute Gasteiger partial charge is 0.306 e. The molecule has 0 saturated heterocycles. The van der Waals surface area contributed by atoms with Crippen molar-refractivity contribution in [2.45, 2.75) is 38.1 Å². The molecule has 0 bridgehead atoms. The van der Waals surface area contributed by atoms with E-state index in [-0.39, 0.29) is 12.4 Å². The van der Waals surface area contributed by atoms with Crippen molar-refractivity contribution in [1.82, 2.24) is 0 Å². The molecule has 0 aromatic heterocycles. The summed E-state index contributed by atoms with van der Waals surface area (Å²) < 4.78 is 5.76. The molecule has 0 saturated carbocycles. The molecule has 0 fully saturated rings. The lowest BCUT2D eigenvalue weighted by atomic mass is 9.66. The van der Waals surface area contributed by atoms with Gasteiger partial charge in [0.15, 0.2) is 0 Å². The van der Waals surface area contributed by atoms with E-state index in [1.54, 1.807) is 0 Å². The number of ether oxygens (including phenoxy) is 1. The summed E-state index contributed by atoms with van der Waals surface area (Å²) in [5.74, 6) is -0.254. The number of methoxy groups -OCH3 is 1. The third-order valence-electron chi connectivity index (χ3n) is 3.61. The van der Waals surface area contributed by atoms with E-state index in [1.807, 2.05) is 45.0 Å². The van der Waals surface area contributed by atoms with Crippen molar-refractivity contribution in [3.05, 3.63) is 34.3 Å². The van der Waals surface area contributed by atoms with Crippen LogP contribution in [0.5, 0.6) is 0 Å². The molecule has 0 spiro atoms. The molecule has 3 nitrogen and oxygen atoms in total. The van der Waals surface area contributed by atoms with Crippen LogP contribution in [0.2, 0.25) is 0 Å². The van der Waals surface area contributed by atoms with Crippen LogP contribution < -0.4 is 5.73 Å². The summed E-state index contributed by atoms with van der Waals surface area (Å²) in [4.78, 5) is 11.6. The molecular weight excluding hydrogens is 294 g/mol. The van der Waals surface area contributed by atoms with Gasteiger partial charge in [0.2, 0.25) is 0 Å². The van der Waals surface area contributed by atoms with Gasteiger partial charge < -0.3 is 10.5 Å². The Hall–Kier alpha value is -0.870. The Bertz CT molecular complexity index is 440. The van der Waals surface area contributed by atoms with Crippen LogP contribution in [0, 0.1) is 0 Å². The lowest BCUT2D eigenvalue weighted by Crippen LogP contribution is -2.53. The van der Waals surface area contributed by atoms with Crippen molar-refractivity contribution in [3.63, 3.8) is 0 Å². The summed E-state index contributed by atoms with van der Waals surface area (Å²) >= 11 is 3.45. The van der Waals surface area contributed by atoms with Crippen LogP contribution in [0.3, 0.4) is 0 Å². The first kappa shape index (κ1) is 15.2. The van der Waals surface area contributed by atoms with Crippen LogP contribution in [0.25, 0.3) is 0 Å². The van der Waals surface area contributed by atoms with Gasteiger partial charge in [-0.3, -0.25) is 4.79 Å². The third kappa shape index (κ3) is 3.12. The number of benzene rings is 1. The van der Waals surface area contributed by atoms with Gasteiger partial charge in [-0.25, -0.2) is 0 Å². The highest BCUT2D eigenvalue weighted by Crippen LogP contribution is 2.38. The van der Waals surface area contributed by atoms with E-state index in [0.29, 0.717) is 0 Å². The maximum atomic E-state index is 11.6. The van der Waals surface area contributed by atoms with E-state index < -0.39 is 11.0 Å². The van der Waals surface area contributed by atoms with E-state index in [0.717, 1.165) is 10.0 Å². The largest absolute Gasteiger partial charge is 0.469 e. The Morgan fingerprint density at radius 3 is 2.44 bits per heavy atom. The third-order valence-corrected chi connectivity index (χ3v) is 4.10. The molecule has 18 heavy (non-hydrogen) atoms. The molecule has 4 heteroatoms. The number of hydrogen-bond acceptors (Lipinski definition) is 3. The number of rotatable bonds is 4. The topological polar surface area (TPSA) is 52.3 Å². The van der Waals surface area contributed by atoms with Crippen molar-refractivity contribution in [2.24, 2.45) is 5.73 Å². The zero-order valence-corrected chi connectivity index (χ0v) is 12.9. The molecule has 0 aliphatic rings. The van der Waals surface area contributed by atoms with E-state index >= 15 is 0 Å². The van der Waals surface area contributed by atoms with E-state index in [4.69, 9.17) is 10.5 Å². The van der Waals surface area contributed by atoms with Gasteiger partial charge in [0.1, 0.15) is 0 Å². The number of esters is 1. The number of carbonyl (C=O) groups excluding carboxylic acids is 1. The molecule has 2 N–H and O–H groups in total. The minimum atomic E-state index is -0.540. The SMILES string of the molecule is COC(=O)CC(C)(c1cccc(Br)c1)C(C)(C)N. The Labute approximate surface area is 117 Å². The lowest BCUT2D eigenvalue weighted by Gasteiger charge is -2.41. The molecule has 1 unspecified atom stereocenters. The van der Waals surface area contributed by atoms with Gasteiger partial charge in [0, 0.05) is 15.4 Å². The number of nitrogens with two attached hydrogens (primary N) is 1. The normalized spacial score (nSPS) is 15.0. The van der Waals surface area contributed by atoms with Crippen LogP contribution in [0.1, 0.15) is 32.8 Å². The summed E-state index contributed by atoms with van der Waals surface area (Å²) in [6.07, 6.45) is 0.253. The van der Waals surface area contributed by atoms with Crippen LogP contribution in [0.15, 0.2) is 28.7 Å². The molecule has 0 aliphatic carbocycles. The van der Waals surface area contributed by atoms with Gasteiger partial charge in [0.05, 0.1) is 13.5 Å². The molecule has 0 heterocycles. The Morgan fingerprint density at radius 2 is 2.00 bits per heavy atom. The molecule has 1 atom stereocenters. The Kier molecular flexibility index (Phi) is 4.56. The second-order valence-corrected chi connectivity index (χ2v) is 6.23. The zero-order valence-electron chi connectivity index (χ0n) is 11.3. The average Bonchev–Trinajstić information content (AvgIpc) is 2.27. The predicted octanol–water partition coefficient (Wildman–Crippen LogP) is 3.01. The van der Waals surface area contributed by atoms with E-state index in [9.17, 15) is 4.79 Å². The molecular formula is C14H20BrNO2. The Balaban J connectivity index is 3.25. The minimum Gasteiger partial charge on any atom is -0.469 e. The number of halogens is 1. The van der Waals surface area contributed by atoms with Crippen molar-refractivity contribution in [1.29, 1.82) is 0 Å². The van der Waals surface area contributed by atoms with Gasteiger partial charge in [-0.2, -0.15) is 0 Å². The lowest BCUT2D eigenvalue weighted by molar-refractivity contribution is -0.142. The first-order valence-corrected chi connectivity index (χ1v) is 6.62. The van der Waals surface area contributed by atoms with Crippen LogP contribution >= 0.6 is 15.9 Å².